The van der Waals surface area contributed by atoms with Gasteiger partial charge in [0.1, 0.15) is 11.8 Å². The predicted molar refractivity (Wildman–Crippen MR) is 119 cm³/mol. The van der Waals surface area contributed by atoms with Crippen LogP contribution in [0.15, 0.2) is 66.7 Å². The van der Waals surface area contributed by atoms with Gasteiger partial charge in [-0.3, -0.25) is 9.59 Å². The highest BCUT2D eigenvalue weighted by Gasteiger charge is 2.26. The first kappa shape index (κ1) is 21.4. The minimum Gasteiger partial charge on any atom is -0.483 e. The first-order valence-corrected chi connectivity index (χ1v) is 10.2. The van der Waals surface area contributed by atoms with Gasteiger partial charge < -0.3 is 15.0 Å². The molecule has 1 unspecified atom stereocenters. The Morgan fingerprint density at radius 2 is 1.70 bits per heavy atom. The maximum Gasteiger partial charge on any atom is 0.261 e. The van der Waals surface area contributed by atoms with Gasteiger partial charge in [-0.2, -0.15) is 0 Å². The summed E-state index contributed by atoms with van der Waals surface area (Å²) in [6.07, 6.45) is 0. The molecular weight excluding hydrogens is 376 g/mol. The molecule has 0 radical (unpaired) electrons. The third kappa shape index (κ3) is 4.98. The van der Waals surface area contributed by atoms with Crippen LogP contribution in [-0.4, -0.2) is 35.9 Å². The maximum atomic E-state index is 13.1. The van der Waals surface area contributed by atoms with Crippen molar-refractivity contribution in [2.75, 3.05) is 13.2 Å². The van der Waals surface area contributed by atoms with Gasteiger partial charge >= 0.3 is 0 Å². The van der Waals surface area contributed by atoms with E-state index in [0.717, 1.165) is 21.9 Å². The number of nitrogens with zero attached hydrogens (tertiary/aromatic N) is 1. The Hall–Kier alpha value is -3.34. The quantitative estimate of drug-likeness (QED) is 0.615. The van der Waals surface area contributed by atoms with Crippen LogP contribution in [0.1, 0.15) is 25.0 Å². The Bertz CT molecular complexity index is 1030. The van der Waals surface area contributed by atoms with Crippen molar-refractivity contribution >= 4 is 22.6 Å². The molecule has 30 heavy (non-hydrogen) atoms. The molecule has 0 aliphatic heterocycles. The predicted octanol–water partition coefficient (Wildman–Crippen LogP) is 4.08. The van der Waals surface area contributed by atoms with Crippen LogP contribution >= 0.6 is 0 Å². The Labute approximate surface area is 177 Å². The SMILES string of the molecule is CCNC(=O)C(C)N(Cc1ccccc1C)C(=O)COc1cccc2ccccc12. The minimum absolute atomic E-state index is 0.135. The van der Waals surface area contributed by atoms with E-state index >= 15 is 0 Å². The summed E-state index contributed by atoms with van der Waals surface area (Å²) < 4.78 is 5.90. The summed E-state index contributed by atoms with van der Waals surface area (Å²) in [7, 11) is 0. The summed E-state index contributed by atoms with van der Waals surface area (Å²) in [6.45, 7) is 6.34. The molecule has 0 aliphatic carbocycles. The molecule has 3 aromatic carbocycles. The number of aryl methyl sites for hydroxylation is 1. The van der Waals surface area contributed by atoms with E-state index in [9.17, 15) is 9.59 Å². The topological polar surface area (TPSA) is 58.6 Å². The molecule has 0 fully saturated rings. The number of ether oxygens (including phenoxy) is 1. The Kier molecular flexibility index (Phi) is 7.07. The van der Waals surface area contributed by atoms with E-state index in [-0.39, 0.29) is 18.4 Å². The zero-order valence-electron chi connectivity index (χ0n) is 17.7. The smallest absolute Gasteiger partial charge is 0.261 e. The van der Waals surface area contributed by atoms with Crippen LogP contribution < -0.4 is 10.1 Å². The van der Waals surface area contributed by atoms with E-state index in [1.54, 1.807) is 11.8 Å². The summed E-state index contributed by atoms with van der Waals surface area (Å²) >= 11 is 0. The van der Waals surface area contributed by atoms with Crippen molar-refractivity contribution in [3.63, 3.8) is 0 Å². The number of rotatable bonds is 8. The van der Waals surface area contributed by atoms with Crippen molar-refractivity contribution in [2.45, 2.75) is 33.4 Å². The van der Waals surface area contributed by atoms with Gasteiger partial charge in [0.2, 0.25) is 5.91 Å². The van der Waals surface area contributed by atoms with Crippen molar-refractivity contribution < 1.29 is 14.3 Å². The van der Waals surface area contributed by atoms with Gasteiger partial charge in [-0.1, -0.05) is 60.7 Å². The number of hydrogen-bond donors (Lipinski definition) is 1. The minimum atomic E-state index is -0.604. The summed E-state index contributed by atoms with van der Waals surface area (Å²) in [5.41, 5.74) is 2.08. The van der Waals surface area contributed by atoms with Gasteiger partial charge in [0.25, 0.3) is 5.91 Å². The van der Waals surface area contributed by atoms with E-state index in [1.165, 1.54) is 0 Å². The molecule has 0 aliphatic rings. The molecule has 1 N–H and O–H groups in total. The second kappa shape index (κ2) is 9.92. The van der Waals surface area contributed by atoms with Gasteiger partial charge in [-0.05, 0) is 43.4 Å². The van der Waals surface area contributed by atoms with Gasteiger partial charge in [-0.25, -0.2) is 0 Å². The third-order valence-corrected chi connectivity index (χ3v) is 5.22. The molecule has 1 atom stereocenters. The van der Waals surface area contributed by atoms with E-state index in [1.807, 2.05) is 80.6 Å². The number of carbonyl (C=O) groups excluding carboxylic acids is 2. The number of hydrogen-bond acceptors (Lipinski definition) is 3. The van der Waals surface area contributed by atoms with Gasteiger partial charge in [0.15, 0.2) is 6.61 Å². The molecule has 0 spiro atoms. The van der Waals surface area contributed by atoms with Crippen molar-refractivity contribution in [1.29, 1.82) is 0 Å². The molecule has 0 saturated carbocycles. The molecule has 5 nitrogen and oxygen atoms in total. The third-order valence-electron chi connectivity index (χ3n) is 5.22. The molecule has 5 heteroatoms. The summed E-state index contributed by atoms with van der Waals surface area (Å²) in [5.74, 6) is 0.248. The van der Waals surface area contributed by atoms with Crippen molar-refractivity contribution in [3.8, 4) is 5.75 Å². The number of benzene rings is 3. The van der Waals surface area contributed by atoms with E-state index in [4.69, 9.17) is 4.74 Å². The summed E-state index contributed by atoms with van der Waals surface area (Å²) in [6, 6.07) is 20.9. The highest BCUT2D eigenvalue weighted by atomic mass is 16.5. The average Bonchev–Trinajstić information content (AvgIpc) is 2.76. The Morgan fingerprint density at radius 3 is 2.47 bits per heavy atom. The number of likely N-dealkylation sites (N-methyl/N-ethyl adjacent to an activating group) is 1. The molecular formula is C25H28N2O3. The van der Waals surface area contributed by atoms with E-state index in [2.05, 4.69) is 5.32 Å². The lowest BCUT2D eigenvalue weighted by Crippen LogP contribution is -2.49. The van der Waals surface area contributed by atoms with Gasteiger partial charge in [0, 0.05) is 18.5 Å². The molecule has 3 aromatic rings. The molecule has 156 valence electrons. The summed E-state index contributed by atoms with van der Waals surface area (Å²) in [5, 5.41) is 4.81. The largest absolute Gasteiger partial charge is 0.483 e. The van der Waals surface area contributed by atoms with Crippen LogP contribution in [0.4, 0.5) is 0 Å². The molecule has 0 aromatic heterocycles. The maximum absolute atomic E-state index is 13.1. The van der Waals surface area contributed by atoms with E-state index < -0.39 is 6.04 Å². The zero-order valence-corrected chi connectivity index (χ0v) is 17.7. The lowest BCUT2D eigenvalue weighted by atomic mass is 10.1. The van der Waals surface area contributed by atoms with Crippen LogP contribution in [0.5, 0.6) is 5.75 Å². The average molecular weight is 405 g/mol. The number of carbonyl (C=O) groups is 2. The van der Waals surface area contributed by atoms with Crippen molar-refractivity contribution in [3.05, 3.63) is 77.9 Å². The van der Waals surface area contributed by atoms with Crippen molar-refractivity contribution in [2.24, 2.45) is 0 Å². The van der Waals surface area contributed by atoms with Gasteiger partial charge in [-0.15, -0.1) is 0 Å². The zero-order chi connectivity index (χ0) is 21.5. The number of nitrogens with one attached hydrogen (secondary N) is 1. The summed E-state index contributed by atoms with van der Waals surface area (Å²) in [4.78, 5) is 27.2. The fourth-order valence-corrected chi connectivity index (χ4v) is 3.42. The lowest BCUT2D eigenvalue weighted by molar-refractivity contribution is -0.142. The first-order chi connectivity index (χ1) is 14.5. The van der Waals surface area contributed by atoms with Crippen LogP contribution in [0.25, 0.3) is 10.8 Å². The number of amides is 2. The lowest BCUT2D eigenvalue weighted by Gasteiger charge is -2.29. The Morgan fingerprint density at radius 1 is 1.00 bits per heavy atom. The van der Waals surface area contributed by atoms with Gasteiger partial charge in [0.05, 0.1) is 0 Å². The molecule has 2 amide bonds. The van der Waals surface area contributed by atoms with Crippen LogP contribution in [0.3, 0.4) is 0 Å². The normalized spacial score (nSPS) is 11.7. The fourth-order valence-electron chi connectivity index (χ4n) is 3.42. The Balaban J connectivity index is 1.80. The van der Waals surface area contributed by atoms with Crippen molar-refractivity contribution in [1.82, 2.24) is 10.2 Å². The van der Waals surface area contributed by atoms with Crippen LogP contribution in [-0.2, 0) is 16.1 Å². The first-order valence-electron chi connectivity index (χ1n) is 10.2. The highest BCUT2D eigenvalue weighted by Crippen LogP contribution is 2.25. The molecule has 0 bridgehead atoms. The molecule has 0 saturated heterocycles. The fraction of sp³-hybridized carbons (Fsp3) is 0.280. The van der Waals surface area contributed by atoms with Crippen LogP contribution in [0.2, 0.25) is 0 Å². The highest BCUT2D eigenvalue weighted by molar-refractivity contribution is 5.90. The van der Waals surface area contributed by atoms with E-state index in [0.29, 0.717) is 18.8 Å². The molecule has 3 rings (SSSR count). The number of fused-ring (bicyclic) bond motifs is 1. The second-order valence-corrected chi connectivity index (χ2v) is 7.28. The molecule has 0 heterocycles. The second-order valence-electron chi connectivity index (χ2n) is 7.28. The monoisotopic (exact) mass is 404 g/mol. The van der Waals surface area contributed by atoms with Crippen LogP contribution in [0, 0.1) is 6.92 Å². The standard InChI is InChI=1S/C25H28N2O3/c1-4-26-25(29)19(3)27(16-21-12-6-5-10-18(21)2)24(28)17-30-23-15-9-13-20-11-7-8-14-22(20)23/h5-15,19H,4,16-17H2,1-3H3,(H,26,29).